The second kappa shape index (κ2) is 1.92. The number of hydrogen-bond acceptors (Lipinski definition) is 2. The van der Waals surface area contributed by atoms with E-state index in [1.54, 1.807) is 7.11 Å². The summed E-state index contributed by atoms with van der Waals surface area (Å²) >= 11 is 0. The molecule has 0 aromatic carbocycles. The zero-order valence-corrected chi connectivity index (χ0v) is 5.91. The smallest absolute Gasteiger partial charge is 0.166 e. The third-order valence-electron chi connectivity index (χ3n) is 2.46. The highest BCUT2D eigenvalue weighted by Crippen LogP contribution is 2.40. The number of ketones is 1. The maximum Gasteiger partial charge on any atom is 0.166 e. The standard InChI is InChI=1S/C8H10O2/c1-10-8-6-4-2-3-5(6)7(8)9/h2,4-6,8H,3H2,1H3/t5-,6+,8-/m1/s1. The van der Waals surface area contributed by atoms with E-state index in [0.717, 1.165) is 6.42 Å². The van der Waals surface area contributed by atoms with Crippen LogP contribution in [-0.2, 0) is 9.53 Å². The van der Waals surface area contributed by atoms with E-state index < -0.39 is 0 Å². The number of fused-ring (bicyclic) bond motifs is 1. The molecule has 0 radical (unpaired) electrons. The van der Waals surface area contributed by atoms with Crippen LogP contribution >= 0.6 is 0 Å². The average molecular weight is 138 g/mol. The Hall–Kier alpha value is -0.630. The second-order valence-corrected chi connectivity index (χ2v) is 2.91. The maximum atomic E-state index is 11.1. The Balaban J connectivity index is 2.13. The lowest BCUT2D eigenvalue weighted by Gasteiger charge is -2.36. The number of rotatable bonds is 1. The van der Waals surface area contributed by atoms with E-state index in [4.69, 9.17) is 4.74 Å². The van der Waals surface area contributed by atoms with Crippen molar-refractivity contribution in [3.05, 3.63) is 12.2 Å². The predicted octanol–water partition coefficient (Wildman–Crippen LogP) is 0.776. The minimum Gasteiger partial charge on any atom is -0.373 e. The summed E-state index contributed by atoms with van der Waals surface area (Å²) in [6, 6.07) is 0. The summed E-state index contributed by atoms with van der Waals surface area (Å²) in [5.74, 6) is 0.958. The van der Waals surface area contributed by atoms with Crippen molar-refractivity contribution in [1.29, 1.82) is 0 Å². The Morgan fingerprint density at radius 2 is 2.50 bits per heavy atom. The fourth-order valence-corrected chi connectivity index (χ4v) is 1.85. The molecule has 2 rings (SSSR count). The van der Waals surface area contributed by atoms with Crippen LogP contribution in [0.2, 0.25) is 0 Å². The number of allylic oxidation sites excluding steroid dienone is 1. The Labute approximate surface area is 59.9 Å². The molecule has 0 amide bonds. The summed E-state index contributed by atoms with van der Waals surface area (Å²) in [6.07, 6.45) is 4.99. The summed E-state index contributed by atoms with van der Waals surface area (Å²) in [5.41, 5.74) is 0. The quantitative estimate of drug-likeness (QED) is 0.500. The van der Waals surface area contributed by atoms with Crippen molar-refractivity contribution in [2.75, 3.05) is 7.11 Å². The summed E-state index contributed by atoms with van der Waals surface area (Å²) in [7, 11) is 1.60. The molecule has 2 heteroatoms. The minimum absolute atomic E-state index is 0.122. The Morgan fingerprint density at radius 3 is 3.20 bits per heavy atom. The van der Waals surface area contributed by atoms with Crippen LogP contribution in [0, 0.1) is 11.8 Å². The van der Waals surface area contributed by atoms with E-state index in [2.05, 4.69) is 12.2 Å². The van der Waals surface area contributed by atoms with E-state index >= 15 is 0 Å². The molecule has 0 bridgehead atoms. The van der Waals surface area contributed by atoms with Gasteiger partial charge in [0.1, 0.15) is 6.10 Å². The zero-order chi connectivity index (χ0) is 7.14. The lowest BCUT2D eigenvalue weighted by Crippen LogP contribution is -2.50. The lowest BCUT2D eigenvalue weighted by molar-refractivity contribution is -0.150. The topological polar surface area (TPSA) is 26.3 Å². The number of carbonyl (C=O) groups excluding carboxylic acids is 1. The molecule has 3 atom stereocenters. The van der Waals surface area contributed by atoms with Gasteiger partial charge in [-0.15, -0.1) is 0 Å². The molecule has 0 aromatic rings. The van der Waals surface area contributed by atoms with Crippen molar-refractivity contribution in [1.82, 2.24) is 0 Å². The van der Waals surface area contributed by atoms with E-state index in [0.29, 0.717) is 5.92 Å². The first-order valence-corrected chi connectivity index (χ1v) is 3.58. The van der Waals surface area contributed by atoms with Gasteiger partial charge < -0.3 is 4.74 Å². The summed E-state index contributed by atoms with van der Waals surface area (Å²) < 4.78 is 5.01. The highest BCUT2D eigenvalue weighted by molar-refractivity contribution is 5.93. The van der Waals surface area contributed by atoms with Crippen molar-refractivity contribution in [3.8, 4) is 0 Å². The van der Waals surface area contributed by atoms with Gasteiger partial charge in [-0.3, -0.25) is 4.79 Å². The molecule has 0 unspecified atom stereocenters. The Morgan fingerprint density at radius 1 is 1.70 bits per heavy atom. The zero-order valence-electron chi connectivity index (χ0n) is 5.91. The normalized spacial score (nSPS) is 43.3. The van der Waals surface area contributed by atoms with Crippen LogP contribution in [0.4, 0.5) is 0 Å². The number of carbonyl (C=O) groups is 1. The number of Topliss-reactive ketones (excluding diaryl/α,β-unsaturated/α-hetero) is 1. The van der Waals surface area contributed by atoms with Gasteiger partial charge in [0.05, 0.1) is 0 Å². The van der Waals surface area contributed by atoms with E-state index in [1.807, 2.05) is 0 Å². The van der Waals surface area contributed by atoms with Gasteiger partial charge in [0.15, 0.2) is 5.78 Å². The first-order chi connectivity index (χ1) is 4.84. The molecular weight excluding hydrogens is 128 g/mol. The van der Waals surface area contributed by atoms with Gasteiger partial charge in [-0.25, -0.2) is 0 Å². The van der Waals surface area contributed by atoms with Crippen LogP contribution < -0.4 is 0 Å². The van der Waals surface area contributed by atoms with E-state index in [9.17, 15) is 4.79 Å². The van der Waals surface area contributed by atoms with Crippen LogP contribution in [0.3, 0.4) is 0 Å². The van der Waals surface area contributed by atoms with Gasteiger partial charge in [0.2, 0.25) is 0 Å². The molecule has 10 heavy (non-hydrogen) atoms. The molecule has 0 heterocycles. The summed E-state index contributed by atoms with van der Waals surface area (Å²) in [6.45, 7) is 0. The monoisotopic (exact) mass is 138 g/mol. The van der Waals surface area contributed by atoms with Gasteiger partial charge in [-0.05, 0) is 6.42 Å². The molecule has 0 aromatic heterocycles. The minimum atomic E-state index is -0.122. The van der Waals surface area contributed by atoms with Crippen molar-refractivity contribution in [2.45, 2.75) is 12.5 Å². The third kappa shape index (κ3) is 0.548. The largest absolute Gasteiger partial charge is 0.373 e. The van der Waals surface area contributed by atoms with Gasteiger partial charge in [0, 0.05) is 18.9 Å². The van der Waals surface area contributed by atoms with E-state index in [1.165, 1.54) is 0 Å². The molecule has 0 spiro atoms. The highest BCUT2D eigenvalue weighted by atomic mass is 16.5. The van der Waals surface area contributed by atoms with Gasteiger partial charge >= 0.3 is 0 Å². The molecule has 2 aliphatic rings. The fraction of sp³-hybridized carbons (Fsp3) is 0.625. The third-order valence-corrected chi connectivity index (χ3v) is 2.46. The van der Waals surface area contributed by atoms with Crippen LogP contribution in [0.15, 0.2) is 12.2 Å². The maximum absolute atomic E-state index is 11.1. The molecule has 0 N–H and O–H groups in total. The van der Waals surface area contributed by atoms with Gasteiger partial charge in [0.25, 0.3) is 0 Å². The van der Waals surface area contributed by atoms with Crippen molar-refractivity contribution in [3.63, 3.8) is 0 Å². The first kappa shape index (κ1) is 6.10. The van der Waals surface area contributed by atoms with Crippen LogP contribution in [0.25, 0.3) is 0 Å². The van der Waals surface area contributed by atoms with Gasteiger partial charge in [-0.2, -0.15) is 0 Å². The van der Waals surface area contributed by atoms with Crippen LogP contribution in [-0.4, -0.2) is 19.0 Å². The molecule has 1 saturated carbocycles. The molecule has 2 aliphatic carbocycles. The second-order valence-electron chi connectivity index (χ2n) is 2.91. The number of methoxy groups -OCH3 is 1. The molecule has 54 valence electrons. The van der Waals surface area contributed by atoms with Crippen molar-refractivity contribution < 1.29 is 9.53 Å². The average Bonchev–Trinajstić information content (AvgIpc) is 2.33. The van der Waals surface area contributed by atoms with Crippen molar-refractivity contribution >= 4 is 5.78 Å². The summed E-state index contributed by atoms with van der Waals surface area (Å²) in [5, 5.41) is 0. The van der Waals surface area contributed by atoms with Crippen molar-refractivity contribution in [2.24, 2.45) is 11.8 Å². The Kier molecular flexibility index (Phi) is 1.17. The molecule has 0 saturated heterocycles. The highest BCUT2D eigenvalue weighted by Gasteiger charge is 2.49. The van der Waals surface area contributed by atoms with E-state index in [-0.39, 0.29) is 17.8 Å². The van der Waals surface area contributed by atoms with Crippen LogP contribution in [0.5, 0.6) is 0 Å². The Bertz CT molecular complexity index is 195. The molecule has 1 fully saturated rings. The lowest BCUT2D eigenvalue weighted by atomic mass is 9.72. The van der Waals surface area contributed by atoms with Crippen LogP contribution in [0.1, 0.15) is 6.42 Å². The SMILES string of the molecule is CO[C@H]1C(=O)[C@@H]2CC=C[C@@H]21. The first-order valence-electron chi connectivity index (χ1n) is 3.58. The number of ether oxygens (including phenoxy) is 1. The van der Waals surface area contributed by atoms with Gasteiger partial charge in [-0.1, -0.05) is 12.2 Å². The fourth-order valence-electron chi connectivity index (χ4n) is 1.85. The number of hydrogen-bond donors (Lipinski definition) is 0. The predicted molar refractivity (Wildman–Crippen MR) is 36.5 cm³/mol. The molecular formula is C8H10O2. The summed E-state index contributed by atoms with van der Waals surface area (Å²) in [4.78, 5) is 11.1. The molecule has 2 nitrogen and oxygen atoms in total. The molecule has 0 aliphatic heterocycles.